The van der Waals surface area contributed by atoms with Crippen molar-refractivity contribution in [3.63, 3.8) is 0 Å². The Hall–Kier alpha value is -0.590. The Balaban J connectivity index is 2.50. The van der Waals surface area contributed by atoms with Crippen LogP contribution in [-0.4, -0.2) is 5.78 Å². The first kappa shape index (κ1) is 11.5. The Labute approximate surface area is 87.6 Å². The fourth-order valence-corrected chi connectivity index (χ4v) is 2.41. The second-order valence-electron chi connectivity index (χ2n) is 4.25. The molecular formula is C13H22O. The van der Waals surface area contributed by atoms with Gasteiger partial charge in [0.2, 0.25) is 0 Å². The van der Waals surface area contributed by atoms with Crippen molar-refractivity contribution in [3.05, 3.63) is 12.2 Å². The minimum atomic E-state index is 0.330. The van der Waals surface area contributed by atoms with Gasteiger partial charge in [0.05, 0.1) is 0 Å². The zero-order valence-corrected chi connectivity index (χ0v) is 9.46. The topological polar surface area (TPSA) is 17.1 Å². The van der Waals surface area contributed by atoms with Gasteiger partial charge in [-0.05, 0) is 31.6 Å². The number of ketones is 1. The van der Waals surface area contributed by atoms with E-state index in [1.54, 1.807) is 0 Å². The molecule has 0 aromatic heterocycles. The molecule has 1 rings (SSSR count). The maximum atomic E-state index is 11.7. The summed E-state index contributed by atoms with van der Waals surface area (Å²) in [5.41, 5.74) is 0. The molecule has 0 aromatic carbocycles. The molecular weight excluding hydrogens is 172 g/mol. The molecule has 0 amide bonds. The Bertz CT molecular complexity index is 205. The maximum absolute atomic E-state index is 11.7. The van der Waals surface area contributed by atoms with E-state index in [2.05, 4.69) is 26.0 Å². The third-order valence-corrected chi connectivity index (χ3v) is 3.30. The molecule has 1 aliphatic rings. The van der Waals surface area contributed by atoms with Gasteiger partial charge in [0.1, 0.15) is 5.78 Å². The second-order valence-corrected chi connectivity index (χ2v) is 4.25. The van der Waals surface area contributed by atoms with Crippen LogP contribution in [0.5, 0.6) is 0 Å². The summed E-state index contributed by atoms with van der Waals surface area (Å²) in [6.45, 7) is 4.34. The molecule has 80 valence electrons. The van der Waals surface area contributed by atoms with Gasteiger partial charge < -0.3 is 0 Å². The quantitative estimate of drug-likeness (QED) is 0.623. The van der Waals surface area contributed by atoms with Crippen molar-refractivity contribution >= 4 is 5.78 Å². The minimum absolute atomic E-state index is 0.330. The summed E-state index contributed by atoms with van der Waals surface area (Å²) < 4.78 is 0. The monoisotopic (exact) mass is 194 g/mol. The highest BCUT2D eigenvalue weighted by Crippen LogP contribution is 2.32. The molecule has 0 saturated heterocycles. The number of hydrogen-bond acceptors (Lipinski definition) is 1. The van der Waals surface area contributed by atoms with E-state index in [4.69, 9.17) is 0 Å². The highest BCUT2D eigenvalue weighted by atomic mass is 16.1. The molecule has 0 N–H and O–H groups in total. The van der Waals surface area contributed by atoms with Crippen LogP contribution in [0.1, 0.15) is 52.4 Å². The standard InChI is InChI=1S/C13H22O/c1-3-5-6-9-12-11(4-2)8-7-10-13(12)14/h5-6,11-12H,3-4,7-10H2,1-2H3/b6-5+. The fraction of sp³-hybridized carbons (Fsp3) is 0.769. The second kappa shape index (κ2) is 6.00. The first-order valence-corrected chi connectivity index (χ1v) is 5.97. The Morgan fingerprint density at radius 2 is 2.14 bits per heavy atom. The minimum Gasteiger partial charge on any atom is -0.299 e. The van der Waals surface area contributed by atoms with E-state index in [0.29, 0.717) is 17.6 Å². The summed E-state index contributed by atoms with van der Waals surface area (Å²) in [5.74, 6) is 1.48. The van der Waals surface area contributed by atoms with Crippen molar-refractivity contribution < 1.29 is 4.79 Å². The third kappa shape index (κ3) is 2.97. The van der Waals surface area contributed by atoms with Gasteiger partial charge in [-0.25, -0.2) is 0 Å². The number of carbonyl (C=O) groups excluding carboxylic acids is 1. The molecule has 2 atom stereocenters. The van der Waals surface area contributed by atoms with Crippen LogP contribution in [0.2, 0.25) is 0 Å². The summed E-state index contributed by atoms with van der Waals surface area (Å²) >= 11 is 0. The van der Waals surface area contributed by atoms with Crippen molar-refractivity contribution in [3.8, 4) is 0 Å². The normalized spacial score (nSPS) is 28.6. The first-order valence-electron chi connectivity index (χ1n) is 5.97. The number of carbonyl (C=O) groups is 1. The number of allylic oxidation sites excluding steroid dienone is 2. The molecule has 1 saturated carbocycles. The smallest absolute Gasteiger partial charge is 0.136 e. The van der Waals surface area contributed by atoms with E-state index in [-0.39, 0.29) is 0 Å². The lowest BCUT2D eigenvalue weighted by molar-refractivity contribution is -0.126. The van der Waals surface area contributed by atoms with E-state index in [1.807, 2.05) is 0 Å². The largest absolute Gasteiger partial charge is 0.299 e. The van der Waals surface area contributed by atoms with E-state index < -0.39 is 0 Å². The Kier molecular flexibility index (Phi) is 4.92. The molecule has 0 aliphatic heterocycles. The zero-order chi connectivity index (χ0) is 10.4. The fourth-order valence-electron chi connectivity index (χ4n) is 2.41. The molecule has 0 bridgehead atoms. The summed E-state index contributed by atoms with van der Waals surface area (Å²) in [6.07, 6.45) is 10.8. The number of rotatable bonds is 4. The van der Waals surface area contributed by atoms with Crippen molar-refractivity contribution in [1.29, 1.82) is 0 Å². The molecule has 0 heterocycles. The van der Waals surface area contributed by atoms with Gasteiger partial charge >= 0.3 is 0 Å². The van der Waals surface area contributed by atoms with Crippen LogP contribution in [-0.2, 0) is 4.79 Å². The van der Waals surface area contributed by atoms with Gasteiger partial charge in [0.15, 0.2) is 0 Å². The van der Waals surface area contributed by atoms with Crippen LogP contribution in [0.25, 0.3) is 0 Å². The lowest BCUT2D eigenvalue weighted by atomic mass is 9.75. The summed E-state index contributed by atoms with van der Waals surface area (Å²) in [7, 11) is 0. The third-order valence-electron chi connectivity index (χ3n) is 3.30. The van der Waals surface area contributed by atoms with Crippen LogP contribution in [0, 0.1) is 11.8 Å². The Morgan fingerprint density at radius 1 is 1.36 bits per heavy atom. The molecule has 0 aromatic rings. The average Bonchev–Trinajstić information content (AvgIpc) is 2.20. The van der Waals surface area contributed by atoms with Crippen LogP contribution < -0.4 is 0 Å². The SMILES string of the molecule is CC/C=C/CC1C(=O)CCCC1CC. The van der Waals surface area contributed by atoms with Gasteiger partial charge in [-0.1, -0.05) is 32.4 Å². The van der Waals surface area contributed by atoms with Gasteiger partial charge in [0, 0.05) is 12.3 Å². The van der Waals surface area contributed by atoms with Crippen molar-refractivity contribution in [2.45, 2.75) is 52.4 Å². The van der Waals surface area contributed by atoms with Gasteiger partial charge in [-0.15, -0.1) is 0 Å². The average molecular weight is 194 g/mol. The number of Topliss-reactive ketones (excluding diaryl/α,β-unsaturated/α-hetero) is 1. The highest BCUT2D eigenvalue weighted by molar-refractivity contribution is 5.82. The van der Waals surface area contributed by atoms with Crippen molar-refractivity contribution in [2.24, 2.45) is 11.8 Å². The van der Waals surface area contributed by atoms with Crippen LogP contribution in [0.3, 0.4) is 0 Å². The molecule has 1 heteroatoms. The molecule has 1 nitrogen and oxygen atoms in total. The zero-order valence-electron chi connectivity index (χ0n) is 9.46. The maximum Gasteiger partial charge on any atom is 0.136 e. The van der Waals surface area contributed by atoms with Gasteiger partial charge in [-0.2, -0.15) is 0 Å². The Morgan fingerprint density at radius 3 is 2.79 bits per heavy atom. The van der Waals surface area contributed by atoms with E-state index in [0.717, 1.165) is 32.1 Å². The van der Waals surface area contributed by atoms with E-state index >= 15 is 0 Å². The molecule has 1 fully saturated rings. The summed E-state index contributed by atoms with van der Waals surface area (Å²) in [4.78, 5) is 11.7. The van der Waals surface area contributed by atoms with E-state index in [1.165, 1.54) is 6.42 Å². The summed E-state index contributed by atoms with van der Waals surface area (Å²) in [5, 5.41) is 0. The first-order chi connectivity index (χ1) is 6.79. The molecule has 0 radical (unpaired) electrons. The lowest BCUT2D eigenvalue weighted by Crippen LogP contribution is -2.27. The van der Waals surface area contributed by atoms with E-state index in [9.17, 15) is 4.79 Å². The lowest BCUT2D eigenvalue weighted by Gasteiger charge is -2.28. The molecule has 2 unspecified atom stereocenters. The molecule has 0 spiro atoms. The molecule has 1 aliphatic carbocycles. The predicted molar refractivity (Wildman–Crippen MR) is 60.2 cm³/mol. The van der Waals surface area contributed by atoms with Crippen LogP contribution in [0.4, 0.5) is 0 Å². The van der Waals surface area contributed by atoms with Gasteiger partial charge in [0.25, 0.3) is 0 Å². The number of hydrogen-bond donors (Lipinski definition) is 0. The van der Waals surface area contributed by atoms with Crippen LogP contribution in [0.15, 0.2) is 12.2 Å². The van der Waals surface area contributed by atoms with Crippen LogP contribution >= 0.6 is 0 Å². The van der Waals surface area contributed by atoms with Crippen molar-refractivity contribution in [1.82, 2.24) is 0 Å². The molecule has 14 heavy (non-hydrogen) atoms. The predicted octanol–water partition coefficient (Wildman–Crippen LogP) is 3.74. The summed E-state index contributed by atoms with van der Waals surface area (Å²) in [6, 6.07) is 0. The van der Waals surface area contributed by atoms with Crippen molar-refractivity contribution in [2.75, 3.05) is 0 Å². The van der Waals surface area contributed by atoms with Gasteiger partial charge in [-0.3, -0.25) is 4.79 Å². The highest BCUT2D eigenvalue weighted by Gasteiger charge is 2.29.